The summed E-state index contributed by atoms with van der Waals surface area (Å²) in [6, 6.07) is 0.770. The van der Waals surface area contributed by atoms with E-state index >= 15 is 0 Å². The van der Waals surface area contributed by atoms with Crippen molar-refractivity contribution in [3.05, 3.63) is 0 Å². The molecule has 1 unspecified atom stereocenters. The number of likely N-dealkylation sites (tertiary alicyclic amines) is 1. The van der Waals surface area contributed by atoms with Crippen LogP contribution in [0.15, 0.2) is 0 Å². The Balaban J connectivity index is 1.71. The number of hydrogen-bond donors (Lipinski definition) is 1. The molecule has 2 N–H and O–H groups in total. The van der Waals surface area contributed by atoms with E-state index in [1.165, 1.54) is 70.8 Å². The van der Waals surface area contributed by atoms with Gasteiger partial charge in [0.2, 0.25) is 0 Å². The van der Waals surface area contributed by atoms with Crippen molar-refractivity contribution < 1.29 is 0 Å². The number of nitrogens with zero attached hydrogens (tertiary/aromatic N) is 1. The van der Waals surface area contributed by atoms with Crippen molar-refractivity contribution in [2.45, 2.75) is 82.7 Å². The molecule has 0 amide bonds. The molecule has 3 fully saturated rings. The molecule has 3 rings (SSSR count). The van der Waals surface area contributed by atoms with Crippen molar-refractivity contribution in [1.82, 2.24) is 4.90 Å². The molecule has 0 aromatic carbocycles. The van der Waals surface area contributed by atoms with E-state index in [9.17, 15) is 0 Å². The summed E-state index contributed by atoms with van der Waals surface area (Å²) in [7, 11) is 0. The maximum Gasteiger partial charge on any atom is 0.0334 e. The van der Waals surface area contributed by atoms with Crippen LogP contribution in [0.1, 0.15) is 71.1 Å². The van der Waals surface area contributed by atoms with E-state index < -0.39 is 0 Å². The van der Waals surface area contributed by atoms with Crippen LogP contribution in [-0.2, 0) is 0 Å². The standard InChI is InChI=1S/C16H30N2/c1-14-5-4-12-18(14)16(13-17)10-8-15(9-11-16)6-2-3-7-15/h14H,2-13,17H2,1H3. The Morgan fingerprint density at radius 1 is 1.00 bits per heavy atom. The second-order valence-corrected chi connectivity index (χ2v) is 7.32. The highest BCUT2D eigenvalue weighted by molar-refractivity contribution is 5.03. The molecule has 1 atom stereocenters. The van der Waals surface area contributed by atoms with Gasteiger partial charge in [0.25, 0.3) is 0 Å². The molecule has 0 radical (unpaired) electrons. The van der Waals surface area contributed by atoms with Gasteiger partial charge < -0.3 is 5.73 Å². The van der Waals surface area contributed by atoms with Crippen molar-refractivity contribution >= 4 is 0 Å². The van der Waals surface area contributed by atoms with Gasteiger partial charge in [-0.3, -0.25) is 4.90 Å². The summed E-state index contributed by atoms with van der Waals surface area (Å²) >= 11 is 0. The SMILES string of the molecule is CC1CCCN1C1(CN)CCC2(CCCC2)CC1. The Kier molecular flexibility index (Phi) is 3.44. The molecule has 1 saturated heterocycles. The predicted octanol–water partition coefficient (Wildman–Crippen LogP) is 3.30. The van der Waals surface area contributed by atoms with Gasteiger partial charge in [-0.05, 0) is 70.3 Å². The second-order valence-electron chi connectivity index (χ2n) is 7.32. The maximum atomic E-state index is 6.23. The first-order valence-corrected chi connectivity index (χ1v) is 8.17. The van der Waals surface area contributed by atoms with E-state index in [2.05, 4.69) is 11.8 Å². The van der Waals surface area contributed by atoms with Crippen LogP contribution in [0.3, 0.4) is 0 Å². The van der Waals surface area contributed by atoms with Crippen molar-refractivity contribution in [2.24, 2.45) is 11.1 Å². The summed E-state index contributed by atoms with van der Waals surface area (Å²) in [4.78, 5) is 2.77. The third-order valence-corrected chi connectivity index (χ3v) is 6.45. The van der Waals surface area contributed by atoms with Gasteiger partial charge in [0.1, 0.15) is 0 Å². The highest BCUT2D eigenvalue weighted by Crippen LogP contribution is 2.53. The Morgan fingerprint density at radius 2 is 1.67 bits per heavy atom. The fraction of sp³-hybridized carbons (Fsp3) is 1.00. The lowest BCUT2D eigenvalue weighted by atomic mass is 9.65. The summed E-state index contributed by atoms with van der Waals surface area (Å²) in [5, 5.41) is 0. The van der Waals surface area contributed by atoms with Crippen molar-refractivity contribution in [3.63, 3.8) is 0 Å². The number of hydrogen-bond acceptors (Lipinski definition) is 2. The van der Waals surface area contributed by atoms with Gasteiger partial charge in [0, 0.05) is 18.1 Å². The molecule has 2 aliphatic carbocycles. The first-order valence-electron chi connectivity index (χ1n) is 8.17. The van der Waals surface area contributed by atoms with E-state index in [-0.39, 0.29) is 0 Å². The average molecular weight is 250 g/mol. The van der Waals surface area contributed by atoms with E-state index in [4.69, 9.17) is 5.73 Å². The summed E-state index contributed by atoms with van der Waals surface area (Å²) in [6.45, 7) is 4.59. The molecule has 3 aliphatic rings. The van der Waals surface area contributed by atoms with E-state index in [1.807, 2.05) is 0 Å². The molecule has 0 bridgehead atoms. The molecule has 104 valence electrons. The van der Waals surface area contributed by atoms with Crippen molar-refractivity contribution in [3.8, 4) is 0 Å². The highest BCUT2D eigenvalue weighted by Gasteiger charge is 2.47. The summed E-state index contributed by atoms with van der Waals surface area (Å²) in [6.07, 6.45) is 14.4. The van der Waals surface area contributed by atoms with Crippen LogP contribution in [0.25, 0.3) is 0 Å². The Labute approximate surface area is 112 Å². The molecule has 0 aromatic heterocycles. The van der Waals surface area contributed by atoms with E-state index in [1.54, 1.807) is 0 Å². The van der Waals surface area contributed by atoms with E-state index in [0.717, 1.165) is 18.0 Å². The predicted molar refractivity (Wildman–Crippen MR) is 76.6 cm³/mol. The Hall–Kier alpha value is -0.0800. The lowest BCUT2D eigenvalue weighted by Gasteiger charge is -2.51. The van der Waals surface area contributed by atoms with Crippen LogP contribution in [0.4, 0.5) is 0 Å². The van der Waals surface area contributed by atoms with Gasteiger partial charge in [0.15, 0.2) is 0 Å². The second kappa shape index (κ2) is 4.79. The third kappa shape index (κ3) is 2.02. The summed E-state index contributed by atoms with van der Waals surface area (Å²) < 4.78 is 0. The smallest absolute Gasteiger partial charge is 0.0334 e. The fourth-order valence-corrected chi connectivity index (χ4v) is 5.12. The molecule has 0 aromatic rings. The van der Waals surface area contributed by atoms with Gasteiger partial charge in [-0.2, -0.15) is 0 Å². The molecular formula is C16H30N2. The zero-order chi connectivity index (χ0) is 12.6. The topological polar surface area (TPSA) is 29.3 Å². The monoisotopic (exact) mass is 250 g/mol. The molecule has 1 heterocycles. The molecule has 18 heavy (non-hydrogen) atoms. The van der Waals surface area contributed by atoms with Crippen LogP contribution in [0, 0.1) is 5.41 Å². The zero-order valence-corrected chi connectivity index (χ0v) is 12.1. The first kappa shape index (κ1) is 12.9. The molecule has 2 heteroatoms. The fourth-order valence-electron chi connectivity index (χ4n) is 5.12. The van der Waals surface area contributed by atoms with Gasteiger partial charge >= 0.3 is 0 Å². The van der Waals surface area contributed by atoms with Gasteiger partial charge in [-0.1, -0.05) is 12.8 Å². The average Bonchev–Trinajstić information content (AvgIpc) is 3.02. The minimum Gasteiger partial charge on any atom is -0.329 e. The Bertz CT molecular complexity index is 283. The number of rotatable bonds is 2. The van der Waals surface area contributed by atoms with Crippen LogP contribution in [0.5, 0.6) is 0 Å². The van der Waals surface area contributed by atoms with Gasteiger partial charge in [-0.25, -0.2) is 0 Å². The molecule has 1 aliphatic heterocycles. The van der Waals surface area contributed by atoms with Crippen LogP contribution in [0.2, 0.25) is 0 Å². The summed E-state index contributed by atoms with van der Waals surface area (Å²) in [5.74, 6) is 0. The minimum absolute atomic E-state index is 0.365. The highest BCUT2D eigenvalue weighted by atomic mass is 15.2. The lowest BCUT2D eigenvalue weighted by Crippen LogP contribution is -2.57. The molecule has 2 saturated carbocycles. The van der Waals surface area contributed by atoms with Crippen molar-refractivity contribution in [1.29, 1.82) is 0 Å². The van der Waals surface area contributed by atoms with Crippen LogP contribution in [-0.4, -0.2) is 29.6 Å². The lowest BCUT2D eigenvalue weighted by molar-refractivity contribution is 0.00951. The van der Waals surface area contributed by atoms with Crippen LogP contribution >= 0.6 is 0 Å². The van der Waals surface area contributed by atoms with Gasteiger partial charge in [-0.15, -0.1) is 0 Å². The normalized spacial score (nSPS) is 35.3. The van der Waals surface area contributed by atoms with Crippen molar-refractivity contribution in [2.75, 3.05) is 13.1 Å². The third-order valence-electron chi connectivity index (χ3n) is 6.45. The first-order chi connectivity index (χ1) is 8.70. The van der Waals surface area contributed by atoms with E-state index in [0.29, 0.717) is 5.54 Å². The maximum absolute atomic E-state index is 6.23. The Morgan fingerprint density at radius 3 is 2.17 bits per heavy atom. The largest absolute Gasteiger partial charge is 0.329 e. The molecular weight excluding hydrogens is 220 g/mol. The minimum atomic E-state index is 0.365. The van der Waals surface area contributed by atoms with Crippen LogP contribution < -0.4 is 5.73 Å². The van der Waals surface area contributed by atoms with Gasteiger partial charge in [0.05, 0.1) is 0 Å². The molecule has 1 spiro atoms. The quantitative estimate of drug-likeness (QED) is 0.815. The summed E-state index contributed by atoms with van der Waals surface area (Å²) in [5.41, 5.74) is 7.33. The number of nitrogens with two attached hydrogens (primary N) is 1. The molecule has 2 nitrogen and oxygen atoms in total. The zero-order valence-electron chi connectivity index (χ0n) is 12.1.